The van der Waals surface area contributed by atoms with E-state index in [2.05, 4.69) is 0 Å². The number of rotatable bonds is 6. The molecule has 0 saturated heterocycles. The van der Waals surface area contributed by atoms with Gasteiger partial charge in [0.05, 0.1) is 12.2 Å². The molecule has 0 bridgehead atoms. The van der Waals surface area contributed by atoms with Gasteiger partial charge < -0.3 is 9.84 Å². The third-order valence-corrected chi connectivity index (χ3v) is 2.97. The summed E-state index contributed by atoms with van der Waals surface area (Å²) in [6.45, 7) is 6.12. The molecule has 1 N–H and O–H groups in total. The molecule has 0 spiro atoms. The van der Waals surface area contributed by atoms with Crippen LogP contribution in [0.3, 0.4) is 0 Å². The van der Waals surface area contributed by atoms with Crippen LogP contribution >= 0.6 is 0 Å². The van der Waals surface area contributed by atoms with Gasteiger partial charge in [-0.05, 0) is 38.0 Å². The van der Waals surface area contributed by atoms with E-state index in [0.717, 1.165) is 12.5 Å². The fraction of sp³-hybridized carbons (Fsp3) is 0.400. The monoisotopic (exact) mass is 266 g/mol. The van der Waals surface area contributed by atoms with Crippen molar-refractivity contribution in [2.45, 2.75) is 39.4 Å². The van der Waals surface area contributed by atoms with Crippen molar-refractivity contribution in [2.24, 2.45) is 0 Å². The number of carboxylic acids is 1. The first kappa shape index (κ1) is 15.4. The lowest BCUT2D eigenvalue weighted by atomic mass is 10.1. The number of hydrogen-bond donors (Lipinski definition) is 1. The third kappa shape index (κ3) is 5.22. The fourth-order valence-corrected chi connectivity index (χ4v) is 1.33. The van der Waals surface area contributed by atoms with Crippen molar-refractivity contribution in [2.75, 3.05) is 0 Å². The van der Waals surface area contributed by atoms with Gasteiger partial charge in [0, 0.05) is 11.6 Å². The molecule has 0 amide bonds. The van der Waals surface area contributed by atoms with Crippen LogP contribution in [0.4, 0.5) is 4.39 Å². The van der Waals surface area contributed by atoms with Gasteiger partial charge >= 0.3 is 5.97 Å². The lowest BCUT2D eigenvalue weighted by Gasteiger charge is -2.23. The average Bonchev–Trinajstić information content (AvgIpc) is 2.35. The molecule has 4 heteroatoms. The van der Waals surface area contributed by atoms with E-state index in [9.17, 15) is 9.18 Å². The minimum absolute atomic E-state index is 0.204. The fourth-order valence-electron chi connectivity index (χ4n) is 1.33. The number of hydrogen-bond acceptors (Lipinski definition) is 2. The van der Waals surface area contributed by atoms with Crippen LogP contribution in [0.1, 0.15) is 38.3 Å². The summed E-state index contributed by atoms with van der Waals surface area (Å²) in [5.41, 5.74) is 0.696. The van der Waals surface area contributed by atoms with Gasteiger partial charge in [-0.1, -0.05) is 19.1 Å². The summed E-state index contributed by atoms with van der Waals surface area (Å²) in [5, 5.41) is 8.50. The molecule has 104 valence electrons. The van der Waals surface area contributed by atoms with Crippen LogP contribution in [-0.2, 0) is 16.1 Å². The molecule has 0 aromatic heterocycles. The first-order valence-electron chi connectivity index (χ1n) is 6.17. The molecule has 0 unspecified atom stereocenters. The van der Waals surface area contributed by atoms with Gasteiger partial charge in [0.25, 0.3) is 0 Å². The summed E-state index contributed by atoms with van der Waals surface area (Å²) in [7, 11) is 0. The van der Waals surface area contributed by atoms with Crippen LogP contribution in [0.15, 0.2) is 24.3 Å². The Morgan fingerprint density at radius 1 is 1.47 bits per heavy atom. The summed E-state index contributed by atoms with van der Waals surface area (Å²) in [5.74, 6) is -1.45. The predicted molar refractivity (Wildman–Crippen MR) is 72.2 cm³/mol. The molecule has 0 aliphatic carbocycles. The molecule has 3 nitrogen and oxygen atoms in total. The van der Waals surface area contributed by atoms with Crippen LogP contribution < -0.4 is 0 Å². The second kappa shape index (κ2) is 6.48. The van der Waals surface area contributed by atoms with Gasteiger partial charge in [-0.2, -0.15) is 0 Å². The van der Waals surface area contributed by atoms with E-state index in [0.29, 0.717) is 11.1 Å². The van der Waals surface area contributed by atoms with Crippen LogP contribution in [0.2, 0.25) is 0 Å². The van der Waals surface area contributed by atoms with Gasteiger partial charge in [-0.15, -0.1) is 0 Å². The van der Waals surface area contributed by atoms with Gasteiger partial charge in [0.1, 0.15) is 5.82 Å². The lowest BCUT2D eigenvalue weighted by molar-refractivity contribution is -0.131. The molecule has 1 aromatic carbocycles. The topological polar surface area (TPSA) is 46.5 Å². The second-order valence-corrected chi connectivity index (χ2v) is 4.92. The SMILES string of the molecule is CCC(C)(C)OCc1ccc(C=CC(=O)O)cc1F. The smallest absolute Gasteiger partial charge is 0.328 e. The van der Waals surface area contributed by atoms with Gasteiger partial charge in [0.2, 0.25) is 0 Å². The third-order valence-electron chi connectivity index (χ3n) is 2.97. The zero-order chi connectivity index (χ0) is 14.5. The molecule has 1 aromatic rings. The highest BCUT2D eigenvalue weighted by Crippen LogP contribution is 2.19. The van der Waals surface area contributed by atoms with E-state index in [1.54, 1.807) is 12.1 Å². The van der Waals surface area contributed by atoms with Gasteiger partial charge in [-0.3, -0.25) is 0 Å². The Kier molecular flexibility index (Phi) is 5.24. The Balaban J connectivity index is 2.75. The van der Waals surface area contributed by atoms with Crippen LogP contribution in [0.5, 0.6) is 0 Å². The summed E-state index contributed by atoms with van der Waals surface area (Å²) >= 11 is 0. The first-order chi connectivity index (χ1) is 8.84. The molecule has 0 aliphatic heterocycles. The minimum atomic E-state index is -1.06. The summed E-state index contributed by atoms with van der Waals surface area (Å²) in [6, 6.07) is 4.58. The zero-order valence-corrected chi connectivity index (χ0v) is 11.4. The van der Waals surface area contributed by atoms with Crippen molar-refractivity contribution >= 4 is 12.0 Å². The molecule has 1 rings (SSSR count). The average molecular weight is 266 g/mol. The molecule has 0 fully saturated rings. The number of aliphatic carboxylic acids is 1. The van der Waals surface area contributed by atoms with E-state index >= 15 is 0 Å². The second-order valence-electron chi connectivity index (χ2n) is 4.92. The molecule has 0 radical (unpaired) electrons. The summed E-state index contributed by atoms with van der Waals surface area (Å²) in [4.78, 5) is 10.4. The summed E-state index contributed by atoms with van der Waals surface area (Å²) in [6.07, 6.45) is 3.17. The highest BCUT2D eigenvalue weighted by molar-refractivity contribution is 5.85. The van der Waals surface area contributed by atoms with E-state index in [1.807, 2.05) is 20.8 Å². The quantitative estimate of drug-likeness (QED) is 0.800. The Labute approximate surface area is 112 Å². The van der Waals surface area contributed by atoms with Crippen molar-refractivity contribution in [3.63, 3.8) is 0 Å². The maximum Gasteiger partial charge on any atom is 0.328 e. The normalized spacial score (nSPS) is 12.0. The van der Waals surface area contributed by atoms with Crippen LogP contribution in [0, 0.1) is 5.82 Å². The van der Waals surface area contributed by atoms with Gasteiger partial charge in [0.15, 0.2) is 0 Å². The van der Waals surface area contributed by atoms with Crippen LogP contribution in [-0.4, -0.2) is 16.7 Å². The molecular weight excluding hydrogens is 247 g/mol. The predicted octanol–water partition coefficient (Wildman–Crippen LogP) is 3.63. The Hall–Kier alpha value is -1.68. The van der Waals surface area contributed by atoms with E-state index in [-0.39, 0.29) is 18.0 Å². The first-order valence-corrected chi connectivity index (χ1v) is 6.17. The van der Waals surface area contributed by atoms with Crippen molar-refractivity contribution in [3.05, 3.63) is 41.2 Å². The van der Waals surface area contributed by atoms with E-state index in [4.69, 9.17) is 9.84 Å². The molecule has 19 heavy (non-hydrogen) atoms. The standard InChI is InChI=1S/C15H19FO3/c1-4-15(2,3)19-10-12-7-5-11(9-13(12)16)6-8-14(17)18/h5-9H,4,10H2,1-3H3,(H,17,18). The number of carboxylic acid groups (broad SMARTS) is 1. The highest BCUT2D eigenvalue weighted by Gasteiger charge is 2.16. The van der Waals surface area contributed by atoms with Crippen LogP contribution in [0.25, 0.3) is 6.08 Å². The number of halogens is 1. The van der Waals surface area contributed by atoms with Crippen molar-refractivity contribution in [3.8, 4) is 0 Å². The number of benzene rings is 1. The molecule has 0 heterocycles. The van der Waals surface area contributed by atoms with Gasteiger partial charge in [-0.25, -0.2) is 9.18 Å². The Morgan fingerprint density at radius 2 is 2.16 bits per heavy atom. The van der Waals surface area contributed by atoms with Crippen molar-refractivity contribution in [1.29, 1.82) is 0 Å². The molecule has 0 atom stereocenters. The zero-order valence-electron chi connectivity index (χ0n) is 11.4. The lowest BCUT2D eigenvalue weighted by Crippen LogP contribution is -2.22. The van der Waals surface area contributed by atoms with Crippen molar-refractivity contribution < 1.29 is 19.0 Å². The maximum absolute atomic E-state index is 13.8. The van der Waals surface area contributed by atoms with E-state index < -0.39 is 5.97 Å². The molecular formula is C15H19FO3. The number of carbonyl (C=O) groups is 1. The van der Waals surface area contributed by atoms with Crippen molar-refractivity contribution in [1.82, 2.24) is 0 Å². The largest absolute Gasteiger partial charge is 0.478 e. The molecule has 0 aliphatic rings. The minimum Gasteiger partial charge on any atom is -0.478 e. The highest BCUT2D eigenvalue weighted by atomic mass is 19.1. The number of ether oxygens (including phenoxy) is 1. The summed E-state index contributed by atoms with van der Waals surface area (Å²) < 4.78 is 19.4. The Morgan fingerprint density at radius 3 is 2.68 bits per heavy atom. The molecule has 0 saturated carbocycles. The maximum atomic E-state index is 13.8. The van der Waals surface area contributed by atoms with E-state index in [1.165, 1.54) is 12.1 Å². The Bertz CT molecular complexity index is 478.